The average Bonchev–Trinajstić information content (AvgIpc) is 1.70. The van der Waals surface area contributed by atoms with E-state index in [9.17, 15) is 69.8 Å². The summed E-state index contributed by atoms with van der Waals surface area (Å²) < 4.78 is 20.3. The van der Waals surface area contributed by atoms with Crippen LogP contribution in [0.15, 0.2) is 71.7 Å². The molecule has 0 saturated carbocycles. The molecule has 4 heterocycles. The number of aromatic hydroxyl groups is 1. The summed E-state index contributed by atoms with van der Waals surface area (Å²) in [7, 11) is 1.69. The zero-order chi connectivity index (χ0) is 69.6. The van der Waals surface area contributed by atoms with Gasteiger partial charge in [0.05, 0.1) is 43.2 Å². The van der Waals surface area contributed by atoms with E-state index in [0.29, 0.717) is 27.9 Å². The molecule has 32 nitrogen and oxygen atoms in total. The molecule has 3 aromatic carbocycles. The number of unbranched alkanes of at least 4 members (excludes halogenated alkanes) is 4. The van der Waals surface area contributed by atoms with Crippen molar-refractivity contribution in [3.8, 4) is 38.4 Å². The third-order valence-electron chi connectivity index (χ3n) is 16.1. The molecule has 3 saturated heterocycles. The van der Waals surface area contributed by atoms with E-state index >= 15 is 4.79 Å². The summed E-state index contributed by atoms with van der Waals surface area (Å²) in [5.74, 6) is -8.94. The molecule has 1 aromatic heterocycles. The average molecular weight is 1420 g/mol. The summed E-state index contributed by atoms with van der Waals surface area (Å²) in [4.78, 5) is 111. The second-order valence-corrected chi connectivity index (χ2v) is 25.3. The zero-order valence-corrected chi connectivity index (χ0v) is 58.3. The van der Waals surface area contributed by atoms with Gasteiger partial charge in [0.25, 0.3) is 18.2 Å². The van der Waals surface area contributed by atoms with Gasteiger partial charge in [0.1, 0.15) is 52.0 Å². The van der Waals surface area contributed by atoms with Gasteiger partial charge in [-0.2, -0.15) is 11.5 Å². The van der Waals surface area contributed by atoms with Crippen molar-refractivity contribution in [2.75, 3.05) is 52.8 Å². The number of rotatable bonds is 25. The van der Waals surface area contributed by atoms with Gasteiger partial charge in [-0.25, -0.2) is 0 Å². The van der Waals surface area contributed by atoms with Crippen molar-refractivity contribution in [3.63, 3.8) is 0 Å². The molecule has 522 valence electrons. The Labute approximate surface area is 593 Å². The number of ether oxygens (including phenoxy) is 2. The third-order valence-corrected chi connectivity index (χ3v) is 18.1. The molecule has 36 heteroatoms. The van der Waals surface area contributed by atoms with Crippen LogP contribution in [0.4, 0.5) is 0 Å². The van der Waals surface area contributed by atoms with E-state index in [-0.39, 0.29) is 77.0 Å². The summed E-state index contributed by atoms with van der Waals surface area (Å²) >= 11 is 2.34. The molecule has 3 aliphatic rings. The molecule has 0 unspecified atom stereocenters. The van der Waals surface area contributed by atoms with Gasteiger partial charge in [0.2, 0.25) is 40.6 Å². The smallest absolute Gasteiger partial charge is 0.691 e. The van der Waals surface area contributed by atoms with Gasteiger partial charge in [0, 0.05) is 81.8 Å². The van der Waals surface area contributed by atoms with E-state index in [4.69, 9.17) is 20.2 Å². The number of aliphatic hydroxyl groups excluding tert-OH is 6. The minimum Gasteiger partial charge on any atom is -0.691 e. The number of nitrogens with one attached hydrogen (secondary N) is 6. The van der Waals surface area contributed by atoms with Gasteiger partial charge in [-0.1, -0.05) is 72.9 Å². The van der Waals surface area contributed by atoms with Crippen LogP contribution in [0.3, 0.4) is 0 Å². The van der Waals surface area contributed by atoms with E-state index in [1.165, 1.54) is 36.5 Å². The summed E-state index contributed by atoms with van der Waals surface area (Å²) in [6, 6.07) is 5.61. The Hall–Kier alpha value is -6.83. The van der Waals surface area contributed by atoms with E-state index in [1.54, 1.807) is 25.5 Å². The number of fused-ring (bicyclic) bond motifs is 2. The number of phenols is 1. The first-order valence-electron chi connectivity index (χ1n) is 30.7. The number of carbonyl (C=O) groups is 7. The number of nitrogens with zero attached hydrogens (tertiary/aromatic N) is 6. The Kier molecular flexibility index (Phi) is 31.9. The van der Waals surface area contributed by atoms with Crippen molar-refractivity contribution in [2.24, 2.45) is 10.9 Å². The monoisotopic (exact) mass is 1420 g/mol. The van der Waals surface area contributed by atoms with Crippen LogP contribution < -0.4 is 75.7 Å². The molecule has 13 atom stereocenters. The minimum absolute atomic E-state index is 0. The predicted octanol–water partition coefficient (Wildman–Crippen LogP) is -3.80. The fourth-order valence-corrected chi connectivity index (χ4v) is 12.4. The standard InChI is InChI=1S/C61H80N12O20S3.Na/c1-32-30-73-50(51(32)80)56(85)64-29-38(75)27-41(65-52(81)35-12-14-36(15-13-35)57-69-70-58(95-57)37-16-18-40(19-17-37)90-24-10-8-6-7-9-23-89-4)53(82)66-47(33(2)74)59(86)72-31-39(76)28-42(72)54(83)67-48(45(79)25-34-11-20-43(77)46(26-34)91-96-93-92-88)55(84)68-49(60(73)87)44(78)21-22-63-61(94-5)71-62-3;/h11-20,26,32-33,38-39,41-42,44-45,47-51,74-80,88H,6-10,21-25,27-31H2,1-2,4-5H3,(H,63,71)(H,64,85)(H,65,81)(H,66,82)(H,67,83)(H,68,84);/q;+1/p-1/t32-,33+,38+,39+,41+,42+,44-,45-,47+,48+,49+,50+,51+;/m1./s1. The van der Waals surface area contributed by atoms with Crippen LogP contribution in [0.1, 0.15) is 81.1 Å². The maximum absolute atomic E-state index is 15.0. The second-order valence-electron chi connectivity index (χ2n) is 23.1. The number of thioether (sulfide) groups is 1. The molecule has 0 bridgehead atoms. The van der Waals surface area contributed by atoms with Gasteiger partial charge in [-0.05, 0) is 86.5 Å². The molecule has 13 N–H and O–H groups in total. The normalized spacial score (nSPS) is 24.0. The molecule has 97 heavy (non-hydrogen) atoms. The van der Waals surface area contributed by atoms with Crippen LogP contribution in [-0.4, -0.2) is 228 Å². The minimum atomic E-state index is -2.16. The number of methoxy groups -OCH3 is 1. The maximum atomic E-state index is 15.0. The Morgan fingerprint density at radius 2 is 1.45 bits per heavy atom. The summed E-state index contributed by atoms with van der Waals surface area (Å²) in [5, 5.41) is 116. The van der Waals surface area contributed by atoms with E-state index in [2.05, 4.69) is 61.5 Å². The van der Waals surface area contributed by atoms with Crippen LogP contribution >= 0.6 is 35.4 Å². The molecule has 7 rings (SSSR count). The van der Waals surface area contributed by atoms with Crippen molar-refractivity contribution in [3.05, 3.63) is 89.4 Å². The fraction of sp³-hybridized carbons (Fsp3) is 0.525. The quantitative estimate of drug-likeness (QED) is 0.00442. The van der Waals surface area contributed by atoms with E-state index in [0.717, 1.165) is 84.9 Å². The molecule has 0 aliphatic carbocycles. The number of aliphatic hydroxyl groups is 6. The fourth-order valence-electron chi connectivity index (χ4n) is 11.0. The first kappa shape index (κ1) is 79.2. The molecule has 3 fully saturated rings. The van der Waals surface area contributed by atoms with Crippen LogP contribution in [0.25, 0.3) is 26.1 Å². The first-order chi connectivity index (χ1) is 46.0. The summed E-state index contributed by atoms with van der Waals surface area (Å²) in [5.41, 5.74) is 3.82. The van der Waals surface area contributed by atoms with Crippen molar-refractivity contribution in [1.82, 2.24) is 52.0 Å². The molecular formula is C61H79N12NaO20S3. The number of hydrogen-bond donors (Lipinski definition) is 13. The van der Waals surface area contributed by atoms with Crippen molar-refractivity contribution < 1.29 is 127 Å². The van der Waals surface area contributed by atoms with Crippen LogP contribution in [0.5, 0.6) is 17.2 Å². The number of benzene rings is 3. The number of carbonyl (C=O) groups excluding carboxylic acids is 7. The van der Waals surface area contributed by atoms with Gasteiger partial charge in [0.15, 0.2) is 11.5 Å². The van der Waals surface area contributed by atoms with E-state index in [1.807, 2.05) is 24.3 Å². The van der Waals surface area contributed by atoms with Gasteiger partial charge in [-0.15, -0.1) is 14.5 Å². The van der Waals surface area contributed by atoms with Crippen molar-refractivity contribution in [2.45, 2.75) is 145 Å². The van der Waals surface area contributed by atoms with Crippen LogP contribution in [0, 0.1) is 12.5 Å². The Morgan fingerprint density at radius 1 is 0.814 bits per heavy atom. The molecule has 0 radical (unpaired) electrons. The Bertz CT molecular complexity index is 3360. The largest absolute Gasteiger partial charge is 1.00 e. The molecule has 4 aromatic rings. The van der Waals surface area contributed by atoms with Gasteiger partial charge >= 0.3 is 29.6 Å². The molecule has 3 aliphatic heterocycles. The first-order valence-corrected chi connectivity index (χ1v) is 33.4. The van der Waals surface area contributed by atoms with Crippen molar-refractivity contribution in [1.29, 1.82) is 0 Å². The second kappa shape index (κ2) is 39.1. The van der Waals surface area contributed by atoms with Gasteiger partial charge < -0.3 is 91.0 Å². The number of phenolic OH excluding ortho intramolecular Hbond substituents is 1. The van der Waals surface area contributed by atoms with E-state index < -0.39 is 165 Å². The Morgan fingerprint density at radius 3 is 2.10 bits per heavy atom. The number of amidine groups is 1. The number of aromatic nitrogens is 2. The summed E-state index contributed by atoms with van der Waals surface area (Å²) in [6.07, 6.45) is -5.89. The maximum Gasteiger partial charge on any atom is 1.00 e. The van der Waals surface area contributed by atoms with Crippen LogP contribution in [-0.2, 0) is 49.3 Å². The van der Waals surface area contributed by atoms with Gasteiger partial charge in [-0.3, -0.25) is 43.6 Å². The Balaban J connectivity index is 0.0000149. The van der Waals surface area contributed by atoms with Crippen molar-refractivity contribution >= 4 is 81.9 Å². The van der Waals surface area contributed by atoms with Crippen LogP contribution in [0.2, 0.25) is 0 Å². The summed E-state index contributed by atoms with van der Waals surface area (Å²) in [6.45, 7) is 9.22. The third kappa shape index (κ3) is 22.3. The topological polar surface area (TPSA) is 451 Å². The molecule has 7 amide bonds. The number of β-amino-alcohol motifs (C(OH)–C–C–N with tert-alkyl or cyclic N) is 1. The molecular weight excluding hydrogens is 1340 g/mol. The predicted molar refractivity (Wildman–Crippen MR) is 345 cm³/mol. The number of amides is 7. The number of aliphatic imine (C=N–C) groups is 1. The SMILES string of the molecule is [C-]#[N+]NC(=NCC[C@@H](O)[C@@H]1NC(=O)[C@H]([C@H](O)Cc2ccc(O)c(OSOO[O-])c2)NC(=O)[C@@H]2C[C@H](O)CN2C(=O)[C@H]([C@H](C)O)NC(=O)[C@@H](NC(=O)c2ccc(-c3nnc(-c4ccc(OCCCCCCCOC)cc4)s3)cc2)C[C@H](O)CNC(=O)[C@@H]2[C@@H](O)[C@H](C)CN2C1=O)SC.[Na+]. The molecule has 0 spiro atoms. The number of hydrogen-bond acceptors (Lipinski definition) is 26. The zero-order valence-electron chi connectivity index (χ0n) is 53.8.